The lowest BCUT2D eigenvalue weighted by molar-refractivity contribution is -0.145. The van der Waals surface area contributed by atoms with Crippen LogP contribution in [0.2, 0.25) is 5.02 Å². The SMILES string of the molecule is O=C(NCc1cc(-c2cnc(C(F)(F)F)nc2)c(Cl)cn1)C1CC(F)CN1. The number of hydrogen-bond acceptors (Lipinski definition) is 5. The van der Waals surface area contributed by atoms with Crippen molar-refractivity contribution in [1.29, 1.82) is 0 Å². The monoisotopic (exact) mass is 403 g/mol. The van der Waals surface area contributed by atoms with E-state index in [9.17, 15) is 22.4 Å². The Kier molecular flexibility index (Phi) is 5.56. The van der Waals surface area contributed by atoms with Crippen LogP contribution in [0.4, 0.5) is 17.6 Å². The number of aromatic nitrogens is 3. The number of nitrogens with one attached hydrogen (secondary N) is 2. The van der Waals surface area contributed by atoms with Gasteiger partial charge in [0, 0.05) is 42.7 Å². The van der Waals surface area contributed by atoms with Gasteiger partial charge in [-0.2, -0.15) is 13.2 Å². The molecule has 1 aliphatic heterocycles. The molecule has 2 atom stereocenters. The van der Waals surface area contributed by atoms with Crippen LogP contribution in [0, 0.1) is 0 Å². The maximum Gasteiger partial charge on any atom is 0.451 e. The highest BCUT2D eigenvalue weighted by atomic mass is 35.5. The predicted molar refractivity (Wildman–Crippen MR) is 88.4 cm³/mol. The third-order valence-corrected chi connectivity index (χ3v) is 4.27. The molecular weight excluding hydrogens is 390 g/mol. The summed E-state index contributed by atoms with van der Waals surface area (Å²) in [5.74, 6) is -1.61. The molecule has 2 unspecified atom stereocenters. The van der Waals surface area contributed by atoms with Crippen LogP contribution in [0.3, 0.4) is 0 Å². The zero-order chi connectivity index (χ0) is 19.6. The fourth-order valence-corrected chi connectivity index (χ4v) is 2.82. The van der Waals surface area contributed by atoms with E-state index >= 15 is 0 Å². The van der Waals surface area contributed by atoms with Crippen molar-refractivity contribution in [3.63, 3.8) is 0 Å². The van der Waals surface area contributed by atoms with Gasteiger partial charge in [0.05, 0.1) is 23.3 Å². The smallest absolute Gasteiger partial charge is 0.349 e. The van der Waals surface area contributed by atoms with Crippen molar-refractivity contribution < 1.29 is 22.4 Å². The molecule has 27 heavy (non-hydrogen) atoms. The molecule has 3 heterocycles. The number of halogens is 5. The van der Waals surface area contributed by atoms with E-state index in [-0.39, 0.29) is 36.0 Å². The molecule has 2 N–H and O–H groups in total. The van der Waals surface area contributed by atoms with E-state index in [0.717, 1.165) is 12.4 Å². The third-order valence-electron chi connectivity index (χ3n) is 3.97. The first-order chi connectivity index (χ1) is 12.7. The van der Waals surface area contributed by atoms with Gasteiger partial charge in [0.2, 0.25) is 11.7 Å². The molecule has 2 aromatic heterocycles. The van der Waals surface area contributed by atoms with Crippen LogP contribution in [0.15, 0.2) is 24.7 Å². The van der Waals surface area contributed by atoms with E-state index in [1.807, 2.05) is 0 Å². The summed E-state index contributed by atoms with van der Waals surface area (Å²) >= 11 is 6.06. The summed E-state index contributed by atoms with van der Waals surface area (Å²) in [7, 11) is 0. The van der Waals surface area contributed by atoms with Crippen molar-refractivity contribution >= 4 is 17.5 Å². The second kappa shape index (κ2) is 7.73. The average Bonchev–Trinajstić information content (AvgIpc) is 3.07. The maximum atomic E-state index is 13.1. The van der Waals surface area contributed by atoms with E-state index in [0.29, 0.717) is 11.3 Å². The second-order valence-electron chi connectivity index (χ2n) is 5.96. The van der Waals surface area contributed by atoms with Crippen molar-refractivity contribution in [3.8, 4) is 11.1 Å². The lowest BCUT2D eigenvalue weighted by atomic mass is 10.1. The fraction of sp³-hybridized carbons (Fsp3) is 0.375. The van der Waals surface area contributed by atoms with Gasteiger partial charge in [-0.1, -0.05) is 11.6 Å². The molecule has 1 amide bonds. The molecule has 144 valence electrons. The molecule has 0 radical (unpaired) electrons. The quantitative estimate of drug-likeness (QED) is 0.767. The zero-order valence-electron chi connectivity index (χ0n) is 13.7. The van der Waals surface area contributed by atoms with E-state index in [1.165, 1.54) is 12.3 Å². The molecule has 0 saturated carbocycles. The highest BCUT2D eigenvalue weighted by molar-refractivity contribution is 6.33. The maximum absolute atomic E-state index is 13.1. The zero-order valence-corrected chi connectivity index (χ0v) is 14.5. The molecule has 1 saturated heterocycles. The summed E-state index contributed by atoms with van der Waals surface area (Å²) in [6.07, 6.45) is -2.23. The van der Waals surface area contributed by atoms with E-state index in [2.05, 4.69) is 25.6 Å². The van der Waals surface area contributed by atoms with Crippen molar-refractivity contribution in [2.45, 2.75) is 31.4 Å². The molecule has 1 aliphatic rings. The Hall–Kier alpha value is -2.33. The second-order valence-corrected chi connectivity index (χ2v) is 6.37. The van der Waals surface area contributed by atoms with Gasteiger partial charge in [-0.15, -0.1) is 0 Å². The largest absolute Gasteiger partial charge is 0.451 e. The summed E-state index contributed by atoms with van der Waals surface area (Å²) in [6.45, 7) is 0.189. The molecule has 0 aromatic carbocycles. The van der Waals surface area contributed by atoms with Crippen LogP contribution in [-0.2, 0) is 17.5 Å². The Bertz CT molecular complexity index is 831. The molecule has 0 aliphatic carbocycles. The lowest BCUT2D eigenvalue weighted by Gasteiger charge is -2.12. The first-order valence-electron chi connectivity index (χ1n) is 7.93. The molecular formula is C16H14ClF4N5O. The van der Waals surface area contributed by atoms with Crippen LogP contribution in [0.5, 0.6) is 0 Å². The molecule has 0 bridgehead atoms. The molecule has 1 fully saturated rings. The standard InChI is InChI=1S/C16H14ClF4N5O/c17-12-7-22-10(6-24-14(27)13-1-9(18)5-23-13)2-11(12)8-3-25-15(26-4-8)16(19,20)21/h2-4,7,9,13,23H,1,5-6H2,(H,24,27). The van der Waals surface area contributed by atoms with Crippen molar-refractivity contribution in [1.82, 2.24) is 25.6 Å². The van der Waals surface area contributed by atoms with Gasteiger partial charge in [0.15, 0.2) is 0 Å². The average molecular weight is 404 g/mol. The van der Waals surface area contributed by atoms with Crippen LogP contribution >= 0.6 is 11.6 Å². The Labute approximate surface area is 156 Å². The fourth-order valence-electron chi connectivity index (χ4n) is 2.61. The molecule has 2 aromatic rings. The third kappa shape index (κ3) is 4.69. The number of alkyl halides is 4. The minimum atomic E-state index is -4.64. The van der Waals surface area contributed by atoms with Crippen LogP contribution < -0.4 is 10.6 Å². The summed E-state index contributed by atoms with van der Waals surface area (Å²) < 4.78 is 50.8. The molecule has 0 spiro atoms. The highest BCUT2D eigenvalue weighted by Crippen LogP contribution is 2.30. The van der Waals surface area contributed by atoms with Crippen molar-refractivity contribution in [3.05, 3.63) is 41.2 Å². The first kappa shape index (κ1) is 19.4. The molecule has 11 heteroatoms. The predicted octanol–water partition coefficient (Wildman–Crippen LogP) is 2.53. The summed E-state index contributed by atoms with van der Waals surface area (Å²) in [6, 6.07) is 0.921. The number of carbonyl (C=O) groups excluding carboxylic acids is 1. The van der Waals surface area contributed by atoms with Crippen molar-refractivity contribution in [2.24, 2.45) is 0 Å². The Morgan fingerprint density at radius 3 is 2.56 bits per heavy atom. The number of carbonyl (C=O) groups is 1. The van der Waals surface area contributed by atoms with Gasteiger partial charge in [-0.25, -0.2) is 14.4 Å². The van der Waals surface area contributed by atoms with E-state index < -0.39 is 24.2 Å². The number of amides is 1. The molecule has 6 nitrogen and oxygen atoms in total. The minimum absolute atomic E-state index is 0.0552. The van der Waals surface area contributed by atoms with Gasteiger partial charge in [-0.05, 0) is 6.07 Å². The Morgan fingerprint density at radius 1 is 1.26 bits per heavy atom. The Morgan fingerprint density at radius 2 is 1.96 bits per heavy atom. The summed E-state index contributed by atoms with van der Waals surface area (Å²) in [4.78, 5) is 22.7. The van der Waals surface area contributed by atoms with Gasteiger partial charge >= 0.3 is 6.18 Å². The van der Waals surface area contributed by atoms with Gasteiger partial charge in [0.25, 0.3) is 0 Å². The van der Waals surface area contributed by atoms with Gasteiger partial charge in [0.1, 0.15) is 6.17 Å². The number of hydrogen-bond donors (Lipinski definition) is 2. The van der Waals surface area contributed by atoms with Gasteiger partial charge < -0.3 is 10.6 Å². The normalized spacial score (nSPS) is 19.9. The first-order valence-corrected chi connectivity index (χ1v) is 8.31. The number of rotatable bonds is 4. The van der Waals surface area contributed by atoms with E-state index in [1.54, 1.807) is 0 Å². The highest BCUT2D eigenvalue weighted by Gasteiger charge is 2.34. The van der Waals surface area contributed by atoms with Crippen LogP contribution in [0.25, 0.3) is 11.1 Å². The summed E-state index contributed by atoms with van der Waals surface area (Å²) in [5.41, 5.74) is 1.09. The topological polar surface area (TPSA) is 79.8 Å². The van der Waals surface area contributed by atoms with Crippen molar-refractivity contribution in [2.75, 3.05) is 6.54 Å². The number of nitrogens with zero attached hydrogens (tertiary/aromatic N) is 3. The van der Waals surface area contributed by atoms with Crippen LogP contribution in [-0.4, -0.2) is 39.6 Å². The molecule has 3 rings (SSSR count). The van der Waals surface area contributed by atoms with Gasteiger partial charge in [-0.3, -0.25) is 9.78 Å². The lowest BCUT2D eigenvalue weighted by Crippen LogP contribution is -2.40. The Balaban J connectivity index is 1.71. The summed E-state index contributed by atoms with van der Waals surface area (Å²) in [5, 5.41) is 5.60. The number of pyridine rings is 1. The minimum Gasteiger partial charge on any atom is -0.349 e. The van der Waals surface area contributed by atoms with Crippen LogP contribution in [0.1, 0.15) is 17.9 Å². The van der Waals surface area contributed by atoms with E-state index in [4.69, 9.17) is 11.6 Å².